The van der Waals surface area contributed by atoms with Crippen LogP contribution < -0.4 is 5.19 Å². The second-order valence-electron chi connectivity index (χ2n) is 8.80. The first-order valence-electron chi connectivity index (χ1n) is 10.5. The Hall–Kier alpha value is -1.87. The predicted octanol–water partition coefficient (Wildman–Crippen LogP) is 6.51. The van der Waals surface area contributed by atoms with Gasteiger partial charge >= 0.3 is 0 Å². The summed E-state index contributed by atoms with van der Waals surface area (Å²) in [7, 11) is -1.37. The van der Waals surface area contributed by atoms with Crippen molar-refractivity contribution in [3.05, 3.63) is 42.0 Å². The molecule has 0 aliphatic heterocycles. The molecule has 3 aromatic rings. The number of carbonyl (C=O) groups is 1. The lowest BCUT2D eigenvalue weighted by Crippen LogP contribution is -2.37. The minimum atomic E-state index is -1.37. The molecule has 0 unspecified atom stereocenters. The van der Waals surface area contributed by atoms with Crippen LogP contribution in [-0.4, -0.2) is 18.9 Å². The van der Waals surface area contributed by atoms with Crippen LogP contribution in [-0.2, 0) is 6.54 Å². The smallest absolute Gasteiger partial charge is 0.150 e. The van der Waals surface area contributed by atoms with Crippen molar-refractivity contribution in [3.63, 3.8) is 0 Å². The molecule has 0 atom stereocenters. The molecule has 144 valence electrons. The van der Waals surface area contributed by atoms with E-state index in [1.165, 1.54) is 65.5 Å². The van der Waals surface area contributed by atoms with Crippen molar-refractivity contribution in [2.24, 2.45) is 0 Å². The Morgan fingerprint density at radius 1 is 0.852 bits per heavy atom. The molecule has 1 heterocycles. The number of aromatic nitrogens is 1. The molecule has 0 bridgehead atoms. The Morgan fingerprint density at radius 2 is 1.48 bits per heavy atom. The van der Waals surface area contributed by atoms with Crippen LogP contribution in [0.15, 0.2) is 36.4 Å². The average Bonchev–Trinajstić information content (AvgIpc) is 2.96. The molecule has 27 heavy (non-hydrogen) atoms. The molecule has 2 aromatic carbocycles. The Labute approximate surface area is 164 Å². The summed E-state index contributed by atoms with van der Waals surface area (Å²) in [5.41, 5.74) is 3.33. The average molecular weight is 380 g/mol. The van der Waals surface area contributed by atoms with E-state index in [4.69, 9.17) is 0 Å². The summed E-state index contributed by atoms with van der Waals surface area (Å²) in [4.78, 5) is 11.3. The van der Waals surface area contributed by atoms with Gasteiger partial charge in [-0.05, 0) is 30.7 Å². The number of nitrogens with zero attached hydrogens (tertiary/aromatic N) is 1. The van der Waals surface area contributed by atoms with Crippen LogP contribution in [0.2, 0.25) is 19.6 Å². The van der Waals surface area contributed by atoms with Crippen LogP contribution in [0.3, 0.4) is 0 Å². The molecule has 0 spiro atoms. The quantitative estimate of drug-likeness (QED) is 0.236. The molecule has 0 aliphatic carbocycles. The van der Waals surface area contributed by atoms with Gasteiger partial charge in [-0.2, -0.15) is 0 Å². The van der Waals surface area contributed by atoms with Crippen molar-refractivity contribution in [1.82, 2.24) is 4.57 Å². The third-order valence-electron chi connectivity index (χ3n) is 5.63. The fraction of sp³-hybridized carbons (Fsp3) is 0.458. The topological polar surface area (TPSA) is 22.0 Å². The van der Waals surface area contributed by atoms with Gasteiger partial charge in [0.25, 0.3) is 0 Å². The zero-order valence-corrected chi connectivity index (χ0v) is 18.3. The molecule has 3 rings (SSSR count). The lowest BCUT2D eigenvalue weighted by molar-refractivity contribution is 0.112. The van der Waals surface area contributed by atoms with Gasteiger partial charge in [0.1, 0.15) is 6.29 Å². The van der Waals surface area contributed by atoms with Crippen molar-refractivity contribution in [1.29, 1.82) is 0 Å². The number of aryl methyl sites for hydroxylation is 1. The number of carbonyl (C=O) groups excluding carboxylic acids is 1. The maximum atomic E-state index is 11.3. The molecule has 0 N–H and O–H groups in total. The molecule has 0 saturated carbocycles. The lowest BCUT2D eigenvalue weighted by atomic mass is 10.1. The van der Waals surface area contributed by atoms with Crippen LogP contribution in [0.5, 0.6) is 0 Å². The third kappa shape index (κ3) is 4.35. The van der Waals surface area contributed by atoms with Crippen LogP contribution in [0.25, 0.3) is 21.8 Å². The second-order valence-corrected chi connectivity index (χ2v) is 13.9. The Kier molecular flexibility index (Phi) is 6.21. The number of hydrogen-bond acceptors (Lipinski definition) is 1. The normalized spacial score (nSPS) is 12.1. The van der Waals surface area contributed by atoms with Crippen molar-refractivity contribution in [2.45, 2.75) is 71.6 Å². The van der Waals surface area contributed by atoms with E-state index in [9.17, 15) is 4.79 Å². The minimum Gasteiger partial charge on any atom is -0.340 e. The van der Waals surface area contributed by atoms with Crippen molar-refractivity contribution in [3.8, 4) is 0 Å². The summed E-state index contributed by atoms with van der Waals surface area (Å²) in [5.74, 6) is 0. The van der Waals surface area contributed by atoms with Crippen LogP contribution in [0.1, 0.15) is 55.8 Å². The highest BCUT2D eigenvalue weighted by Gasteiger charge is 2.19. The van der Waals surface area contributed by atoms with E-state index in [1.807, 2.05) is 6.07 Å². The predicted molar refractivity (Wildman–Crippen MR) is 121 cm³/mol. The monoisotopic (exact) mass is 379 g/mol. The van der Waals surface area contributed by atoms with E-state index in [0.29, 0.717) is 0 Å². The van der Waals surface area contributed by atoms with Gasteiger partial charge < -0.3 is 4.57 Å². The highest BCUT2D eigenvalue weighted by atomic mass is 28.3. The number of unbranched alkanes of at least 4 members (excludes halogenated alkanes) is 5. The van der Waals surface area contributed by atoms with Gasteiger partial charge in [0.05, 0.1) is 8.07 Å². The first-order valence-corrected chi connectivity index (χ1v) is 14.0. The van der Waals surface area contributed by atoms with E-state index >= 15 is 0 Å². The van der Waals surface area contributed by atoms with E-state index < -0.39 is 8.07 Å². The molecule has 0 fully saturated rings. The number of benzene rings is 2. The molecule has 0 aliphatic rings. The summed E-state index contributed by atoms with van der Waals surface area (Å²) < 4.78 is 2.47. The van der Waals surface area contributed by atoms with Gasteiger partial charge in [-0.1, -0.05) is 76.0 Å². The molecule has 0 amide bonds. The maximum absolute atomic E-state index is 11.3. The van der Waals surface area contributed by atoms with Gasteiger partial charge in [0, 0.05) is 33.9 Å². The Morgan fingerprint density at radius 3 is 2.15 bits per heavy atom. The lowest BCUT2D eigenvalue weighted by Gasteiger charge is -2.17. The van der Waals surface area contributed by atoms with Gasteiger partial charge in [-0.15, -0.1) is 0 Å². The first-order chi connectivity index (χ1) is 13.0. The zero-order valence-electron chi connectivity index (χ0n) is 17.3. The first kappa shape index (κ1) is 19.9. The van der Waals surface area contributed by atoms with Gasteiger partial charge in [-0.25, -0.2) is 0 Å². The SMILES string of the molecule is CCCCCCCCn1c2ccc(C=O)cc2c2cc([Si](C)(C)C)ccc21. The number of rotatable bonds is 9. The molecule has 0 saturated heterocycles. The van der Waals surface area contributed by atoms with Gasteiger partial charge in [0.15, 0.2) is 0 Å². The van der Waals surface area contributed by atoms with Crippen molar-refractivity contribution >= 4 is 41.4 Å². The number of hydrogen-bond donors (Lipinski definition) is 0. The summed E-state index contributed by atoms with van der Waals surface area (Å²) in [6, 6.07) is 13.2. The molecule has 1 aromatic heterocycles. The zero-order chi connectivity index (χ0) is 19.4. The summed E-state index contributed by atoms with van der Waals surface area (Å²) in [6.45, 7) is 10.5. The van der Waals surface area contributed by atoms with Gasteiger partial charge in [-0.3, -0.25) is 4.79 Å². The molecular weight excluding hydrogens is 346 g/mol. The van der Waals surface area contributed by atoms with E-state index in [0.717, 1.165) is 18.4 Å². The Bertz CT molecular complexity index is 933. The molecule has 2 nitrogen and oxygen atoms in total. The van der Waals surface area contributed by atoms with Gasteiger partial charge in [0.2, 0.25) is 0 Å². The summed E-state index contributed by atoms with van der Waals surface area (Å²) in [5, 5.41) is 4.01. The number of fused-ring (bicyclic) bond motifs is 3. The molecule has 0 radical (unpaired) electrons. The number of aldehydes is 1. The van der Waals surface area contributed by atoms with Crippen LogP contribution >= 0.6 is 0 Å². The molecular formula is C24H33NOSi. The standard InChI is InChI=1S/C24H33NOSi/c1-5-6-7-8-9-10-15-25-23-13-11-19(18-26)16-21(23)22-17-20(27(2,3)4)12-14-24(22)25/h11-14,16-18H,5-10,15H2,1-4H3. The van der Waals surface area contributed by atoms with E-state index in [2.05, 4.69) is 61.5 Å². The fourth-order valence-corrected chi connectivity index (χ4v) is 5.11. The van der Waals surface area contributed by atoms with Crippen LogP contribution in [0, 0.1) is 0 Å². The highest BCUT2D eigenvalue weighted by molar-refractivity contribution is 6.88. The van der Waals surface area contributed by atoms with E-state index in [1.54, 1.807) is 0 Å². The summed E-state index contributed by atoms with van der Waals surface area (Å²) >= 11 is 0. The van der Waals surface area contributed by atoms with Crippen molar-refractivity contribution in [2.75, 3.05) is 0 Å². The van der Waals surface area contributed by atoms with Crippen molar-refractivity contribution < 1.29 is 4.79 Å². The minimum absolute atomic E-state index is 0.763. The molecule has 3 heteroatoms. The van der Waals surface area contributed by atoms with Crippen LogP contribution in [0.4, 0.5) is 0 Å². The fourth-order valence-electron chi connectivity index (χ4n) is 3.95. The van der Waals surface area contributed by atoms with E-state index in [-0.39, 0.29) is 0 Å². The maximum Gasteiger partial charge on any atom is 0.150 e. The third-order valence-corrected chi connectivity index (χ3v) is 7.67. The Balaban J connectivity index is 1.99. The highest BCUT2D eigenvalue weighted by Crippen LogP contribution is 2.30. The second kappa shape index (κ2) is 8.43. The summed E-state index contributed by atoms with van der Waals surface area (Å²) in [6.07, 6.45) is 8.80. The largest absolute Gasteiger partial charge is 0.340 e.